The van der Waals surface area contributed by atoms with Crippen molar-refractivity contribution in [2.45, 2.75) is 51.6 Å². The van der Waals surface area contributed by atoms with Crippen molar-refractivity contribution < 1.29 is 5.11 Å². The predicted octanol–water partition coefficient (Wildman–Crippen LogP) is 2.87. The van der Waals surface area contributed by atoms with Crippen molar-refractivity contribution in [3.8, 4) is 0 Å². The van der Waals surface area contributed by atoms with E-state index >= 15 is 0 Å². The van der Waals surface area contributed by atoms with Crippen LogP contribution in [0.25, 0.3) is 0 Å². The second-order valence-corrected chi connectivity index (χ2v) is 5.92. The molecule has 0 aliphatic heterocycles. The molecule has 0 radical (unpaired) electrons. The van der Waals surface area contributed by atoms with Crippen molar-refractivity contribution >= 4 is 11.6 Å². The Morgan fingerprint density at radius 1 is 1.47 bits per heavy atom. The van der Waals surface area contributed by atoms with E-state index < -0.39 is 5.60 Å². The van der Waals surface area contributed by atoms with Gasteiger partial charge in [0.25, 0.3) is 0 Å². The lowest BCUT2D eigenvalue weighted by molar-refractivity contribution is -0.00678. The highest BCUT2D eigenvalue weighted by molar-refractivity contribution is 6.30. The lowest BCUT2D eigenvalue weighted by Crippen LogP contribution is -2.36. The minimum Gasteiger partial charge on any atom is -0.390 e. The first-order valence-electron chi connectivity index (χ1n) is 6.32. The molecule has 3 nitrogen and oxygen atoms in total. The molecule has 1 aliphatic carbocycles. The molecule has 0 atom stereocenters. The Morgan fingerprint density at radius 3 is 2.53 bits per heavy atom. The number of nitrogens with zero attached hydrogens (tertiary/aromatic N) is 2. The molecular weight excluding hydrogens is 236 g/mol. The third-order valence-corrected chi connectivity index (χ3v) is 4.45. The molecule has 1 heterocycles. The molecule has 2 rings (SSSR count). The van der Waals surface area contributed by atoms with E-state index in [9.17, 15) is 5.11 Å². The molecular formula is C13H21ClN2O. The molecule has 0 bridgehead atoms. The average molecular weight is 257 g/mol. The highest BCUT2D eigenvalue weighted by atomic mass is 35.5. The number of aromatic nitrogens is 2. The van der Waals surface area contributed by atoms with Gasteiger partial charge in [-0.25, -0.2) is 0 Å². The average Bonchev–Trinajstić information content (AvgIpc) is 2.50. The topological polar surface area (TPSA) is 38.0 Å². The molecule has 0 amide bonds. The molecule has 1 fully saturated rings. The van der Waals surface area contributed by atoms with Gasteiger partial charge >= 0.3 is 0 Å². The van der Waals surface area contributed by atoms with Crippen LogP contribution in [0.4, 0.5) is 0 Å². The Morgan fingerprint density at radius 2 is 2.06 bits per heavy atom. The number of halogens is 1. The second-order valence-electron chi connectivity index (χ2n) is 5.56. The number of hydrogen-bond acceptors (Lipinski definition) is 2. The molecule has 0 unspecified atom stereocenters. The van der Waals surface area contributed by atoms with Crippen LogP contribution in [0.2, 0.25) is 5.15 Å². The molecule has 0 spiro atoms. The number of aliphatic hydroxyl groups is 1. The van der Waals surface area contributed by atoms with E-state index in [1.807, 2.05) is 14.0 Å². The highest BCUT2D eigenvalue weighted by Gasteiger charge is 2.33. The number of rotatable bonds is 2. The summed E-state index contributed by atoms with van der Waals surface area (Å²) in [6.45, 7) is 4.21. The van der Waals surface area contributed by atoms with E-state index in [1.54, 1.807) is 4.68 Å². The summed E-state index contributed by atoms with van der Waals surface area (Å²) in [4.78, 5) is 0. The van der Waals surface area contributed by atoms with E-state index in [-0.39, 0.29) is 0 Å². The zero-order chi connectivity index (χ0) is 12.6. The van der Waals surface area contributed by atoms with Gasteiger partial charge in [0.05, 0.1) is 11.3 Å². The fourth-order valence-corrected chi connectivity index (χ4v) is 2.92. The van der Waals surface area contributed by atoms with Crippen LogP contribution in [0.5, 0.6) is 0 Å². The molecule has 1 aromatic heterocycles. The zero-order valence-electron chi connectivity index (χ0n) is 10.8. The second kappa shape index (κ2) is 4.62. The van der Waals surface area contributed by atoms with Crippen LogP contribution in [0.1, 0.15) is 43.9 Å². The van der Waals surface area contributed by atoms with Gasteiger partial charge in [-0.2, -0.15) is 5.10 Å². The van der Waals surface area contributed by atoms with Gasteiger partial charge in [0.1, 0.15) is 5.15 Å². The van der Waals surface area contributed by atoms with Crippen LogP contribution in [-0.2, 0) is 13.5 Å². The van der Waals surface area contributed by atoms with Crippen molar-refractivity contribution in [1.82, 2.24) is 9.78 Å². The van der Waals surface area contributed by atoms with Crippen molar-refractivity contribution in [1.29, 1.82) is 0 Å². The summed E-state index contributed by atoms with van der Waals surface area (Å²) < 4.78 is 1.68. The molecule has 0 saturated heterocycles. The van der Waals surface area contributed by atoms with Crippen molar-refractivity contribution in [2.24, 2.45) is 13.0 Å². The standard InChI is InChI=1S/C13H21ClN2O/c1-9-4-6-13(17,7-5-9)8-11-10(2)15-16(3)12(11)14/h9,17H,4-8H2,1-3H3. The van der Waals surface area contributed by atoms with E-state index in [2.05, 4.69) is 12.0 Å². The largest absolute Gasteiger partial charge is 0.390 e. The van der Waals surface area contributed by atoms with E-state index in [1.165, 1.54) is 0 Å². The Hall–Kier alpha value is -0.540. The van der Waals surface area contributed by atoms with Crippen LogP contribution < -0.4 is 0 Å². The van der Waals surface area contributed by atoms with Crippen molar-refractivity contribution in [3.63, 3.8) is 0 Å². The van der Waals surface area contributed by atoms with Crippen LogP contribution in [0.15, 0.2) is 0 Å². The minimum absolute atomic E-state index is 0.579. The monoisotopic (exact) mass is 256 g/mol. The van der Waals surface area contributed by atoms with E-state index in [0.29, 0.717) is 11.6 Å². The molecule has 4 heteroatoms. The highest BCUT2D eigenvalue weighted by Crippen LogP contribution is 2.36. The molecule has 0 aromatic carbocycles. The molecule has 96 valence electrons. The third kappa shape index (κ3) is 2.66. The number of aryl methyl sites for hydroxylation is 2. The summed E-state index contributed by atoms with van der Waals surface area (Å²) in [7, 11) is 1.84. The SMILES string of the molecule is Cc1nn(C)c(Cl)c1CC1(O)CCC(C)CC1. The summed E-state index contributed by atoms with van der Waals surface area (Å²) >= 11 is 6.21. The van der Waals surface area contributed by atoms with Gasteiger partial charge in [-0.15, -0.1) is 0 Å². The van der Waals surface area contributed by atoms with Gasteiger partial charge in [-0.1, -0.05) is 18.5 Å². The Kier molecular flexibility index (Phi) is 3.50. The molecule has 1 saturated carbocycles. The van der Waals surface area contributed by atoms with Crippen LogP contribution >= 0.6 is 11.6 Å². The van der Waals surface area contributed by atoms with E-state index in [0.717, 1.165) is 42.9 Å². The maximum atomic E-state index is 10.6. The smallest absolute Gasteiger partial charge is 0.130 e. The fourth-order valence-electron chi connectivity index (χ4n) is 2.68. The Labute approximate surface area is 108 Å². The zero-order valence-corrected chi connectivity index (χ0v) is 11.6. The normalized spacial score (nSPS) is 29.6. The first-order valence-corrected chi connectivity index (χ1v) is 6.69. The van der Waals surface area contributed by atoms with Crippen molar-refractivity contribution in [3.05, 3.63) is 16.4 Å². The first-order chi connectivity index (χ1) is 7.91. The van der Waals surface area contributed by atoms with Gasteiger partial charge < -0.3 is 5.11 Å². The lowest BCUT2D eigenvalue weighted by atomic mass is 9.76. The molecule has 1 N–H and O–H groups in total. The molecule has 1 aliphatic rings. The summed E-state index contributed by atoms with van der Waals surface area (Å²) in [6.07, 6.45) is 4.59. The van der Waals surface area contributed by atoms with Gasteiger partial charge in [0.2, 0.25) is 0 Å². The van der Waals surface area contributed by atoms with Crippen LogP contribution in [0.3, 0.4) is 0 Å². The van der Waals surface area contributed by atoms with Gasteiger partial charge in [0.15, 0.2) is 0 Å². The maximum absolute atomic E-state index is 10.6. The van der Waals surface area contributed by atoms with Crippen molar-refractivity contribution in [2.75, 3.05) is 0 Å². The van der Waals surface area contributed by atoms with Crippen LogP contribution in [0, 0.1) is 12.8 Å². The van der Waals surface area contributed by atoms with Gasteiger partial charge in [-0.3, -0.25) is 4.68 Å². The quantitative estimate of drug-likeness (QED) is 0.884. The Bertz CT molecular complexity index is 406. The van der Waals surface area contributed by atoms with Gasteiger partial charge in [0, 0.05) is 19.0 Å². The molecule has 1 aromatic rings. The fraction of sp³-hybridized carbons (Fsp3) is 0.769. The van der Waals surface area contributed by atoms with E-state index in [4.69, 9.17) is 11.6 Å². The minimum atomic E-state index is -0.579. The first kappa shape index (κ1) is 12.9. The summed E-state index contributed by atoms with van der Waals surface area (Å²) in [6, 6.07) is 0. The maximum Gasteiger partial charge on any atom is 0.130 e. The van der Waals surface area contributed by atoms with Crippen LogP contribution in [-0.4, -0.2) is 20.5 Å². The summed E-state index contributed by atoms with van der Waals surface area (Å²) in [5, 5.41) is 15.6. The van der Waals surface area contributed by atoms with Gasteiger partial charge in [-0.05, 0) is 38.5 Å². The third-order valence-electron chi connectivity index (χ3n) is 3.98. The Balaban J connectivity index is 2.15. The number of hydrogen-bond donors (Lipinski definition) is 1. The lowest BCUT2D eigenvalue weighted by Gasteiger charge is -2.35. The summed E-state index contributed by atoms with van der Waals surface area (Å²) in [5.74, 6) is 0.737. The summed E-state index contributed by atoms with van der Waals surface area (Å²) in [5.41, 5.74) is 1.36. The molecule has 17 heavy (non-hydrogen) atoms. The predicted molar refractivity (Wildman–Crippen MR) is 69.2 cm³/mol.